The van der Waals surface area contributed by atoms with Crippen molar-refractivity contribution in [2.75, 3.05) is 6.54 Å². The van der Waals surface area contributed by atoms with E-state index in [1.165, 1.54) is 18.6 Å². The number of halogens is 1. The highest BCUT2D eigenvalue weighted by molar-refractivity contribution is 5.34. The minimum atomic E-state index is -0.759. The first-order valence-corrected chi connectivity index (χ1v) is 7.12. The van der Waals surface area contributed by atoms with Gasteiger partial charge in [0.15, 0.2) is 0 Å². The van der Waals surface area contributed by atoms with Gasteiger partial charge in [-0.2, -0.15) is 4.39 Å². The van der Waals surface area contributed by atoms with Crippen molar-refractivity contribution in [3.05, 3.63) is 39.7 Å². The zero-order valence-corrected chi connectivity index (χ0v) is 12.4. The predicted octanol–water partition coefficient (Wildman–Crippen LogP) is 4.13. The van der Waals surface area contributed by atoms with Crippen molar-refractivity contribution in [2.45, 2.75) is 52.6 Å². The van der Waals surface area contributed by atoms with Gasteiger partial charge in [0.05, 0.1) is 4.92 Å². The summed E-state index contributed by atoms with van der Waals surface area (Å²) in [5, 5.41) is 10.6. The van der Waals surface area contributed by atoms with Crippen molar-refractivity contribution in [3.8, 4) is 0 Å². The molecule has 0 aliphatic carbocycles. The van der Waals surface area contributed by atoms with E-state index in [1.54, 1.807) is 6.07 Å². The monoisotopic (exact) mass is 282 g/mol. The number of rotatable bonds is 8. The summed E-state index contributed by atoms with van der Waals surface area (Å²) >= 11 is 0. The molecule has 0 unspecified atom stereocenters. The lowest BCUT2D eigenvalue weighted by molar-refractivity contribution is -0.387. The lowest BCUT2D eigenvalue weighted by Gasteiger charge is -2.26. The van der Waals surface area contributed by atoms with Crippen molar-refractivity contribution in [1.82, 2.24) is 4.90 Å². The summed E-state index contributed by atoms with van der Waals surface area (Å²) in [5.41, 5.74) is 0.314. The molecule has 0 amide bonds. The summed E-state index contributed by atoms with van der Waals surface area (Å²) in [6, 6.07) is 4.52. The first kappa shape index (κ1) is 16.6. The lowest BCUT2D eigenvalue weighted by atomic mass is 10.1. The molecule has 112 valence electrons. The first-order valence-electron chi connectivity index (χ1n) is 7.12. The van der Waals surface area contributed by atoms with Crippen LogP contribution in [0.5, 0.6) is 0 Å². The lowest BCUT2D eigenvalue weighted by Crippen LogP contribution is -2.31. The van der Waals surface area contributed by atoms with Crippen LogP contribution >= 0.6 is 0 Å². The summed E-state index contributed by atoms with van der Waals surface area (Å²) in [7, 11) is 0. The average molecular weight is 282 g/mol. The Morgan fingerprint density at radius 2 is 2.05 bits per heavy atom. The molecule has 4 nitrogen and oxygen atoms in total. The zero-order chi connectivity index (χ0) is 15.1. The first-order chi connectivity index (χ1) is 9.45. The molecule has 0 aliphatic rings. The molecule has 5 heteroatoms. The standard InChI is InChI=1S/C15H23FN2O2/c1-4-5-6-9-17(12(2)3)11-13-7-8-15(18(19)20)14(16)10-13/h7-8,10,12H,4-6,9,11H2,1-3H3. The van der Waals surface area contributed by atoms with Crippen LogP contribution in [0.1, 0.15) is 45.6 Å². The van der Waals surface area contributed by atoms with Gasteiger partial charge in [-0.3, -0.25) is 15.0 Å². The van der Waals surface area contributed by atoms with Crippen LogP contribution in [0.3, 0.4) is 0 Å². The second-order valence-electron chi connectivity index (χ2n) is 5.31. The Kier molecular flexibility index (Phi) is 6.58. The largest absolute Gasteiger partial charge is 0.304 e. The third kappa shape index (κ3) is 4.89. The molecule has 0 atom stereocenters. The fourth-order valence-corrected chi connectivity index (χ4v) is 2.12. The number of unbranched alkanes of at least 4 members (excludes halogenated alkanes) is 2. The summed E-state index contributed by atoms with van der Waals surface area (Å²) in [6.07, 6.45) is 3.46. The summed E-state index contributed by atoms with van der Waals surface area (Å²) < 4.78 is 13.6. The minimum Gasteiger partial charge on any atom is -0.297 e. The second kappa shape index (κ2) is 7.94. The van der Waals surface area contributed by atoms with Gasteiger partial charge in [0.1, 0.15) is 0 Å². The maximum absolute atomic E-state index is 13.6. The quantitative estimate of drug-likeness (QED) is 0.409. The number of hydrogen-bond acceptors (Lipinski definition) is 3. The minimum absolute atomic E-state index is 0.366. The molecule has 0 aliphatic heterocycles. The Balaban J connectivity index is 2.73. The number of nitro benzene ring substituents is 1. The van der Waals surface area contributed by atoms with E-state index in [0.717, 1.165) is 24.9 Å². The Morgan fingerprint density at radius 1 is 1.35 bits per heavy atom. The van der Waals surface area contributed by atoms with E-state index in [-0.39, 0.29) is 0 Å². The summed E-state index contributed by atoms with van der Waals surface area (Å²) in [5.74, 6) is -0.759. The number of nitro groups is 1. The van der Waals surface area contributed by atoms with Gasteiger partial charge in [0, 0.05) is 18.7 Å². The van der Waals surface area contributed by atoms with Crippen molar-refractivity contribution in [3.63, 3.8) is 0 Å². The van der Waals surface area contributed by atoms with Crippen molar-refractivity contribution >= 4 is 5.69 Å². The zero-order valence-electron chi connectivity index (χ0n) is 12.4. The molecule has 20 heavy (non-hydrogen) atoms. The van der Waals surface area contributed by atoms with Gasteiger partial charge < -0.3 is 0 Å². The van der Waals surface area contributed by atoms with E-state index in [2.05, 4.69) is 25.7 Å². The van der Waals surface area contributed by atoms with E-state index >= 15 is 0 Å². The predicted molar refractivity (Wildman–Crippen MR) is 78.1 cm³/mol. The van der Waals surface area contributed by atoms with E-state index < -0.39 is 16.4 Å². The second-order valence-corrected chi connectivity index (χ2v) is 5.31. The molecule has 0 saturated heterocycles. The molecular weight excluding hydrogens is 259 g/mol. The van der Waals surface area contributed by atoms with E-state index in [1.807, 2.05) is 0 Å². The average Bonchev–Trinajstić information content (AvgIpc) is 2.37. The van der Waals surface area contributed by atoms with Crippen LogP contribution in [0.25, 0.3) is 0 Å². The van der Waals surface area contributed by atoms with Gasteiger partial charge >= 0.3 is 5.69 Å². The highest BCUT2D eigenvalue weighted by Gasteiger charge is 2.16. The van der Waals surface area contributed by atoms with E-state index in [4.69, 9.17) is 0 Å². The fraction of sp³-hybridized carbons (Fsp3) is 0.600. The normalized spacial score (nSPS) is 11.3. The smallest absolute Gasteiger partial charge is 0.297 e. The molecule has 1 aromatic rings. The highest BCUT2D eigenvalue weighted by Crippen LogP contribution is 2.19. The van der Waals surface area contributed by atoms with Crippen LogP contribution < -0.4 is 0 Å². The molecule has 0 spiro atoms. The molecular formula is C15H23FN2O2. The number of nitrogens with zero attached hydrogens (tertiary/aromatic N) is 2. The Labute approximate surface area is 119 Å². The number of benzene rings is 1. The van der Waals surface area contributed by atoms with Crippen LogP contribution in [-0.2, 0) is 6.54 Å². The van der Waals surface area contributed by atoms with Gasteiger partial charge in [-0.1, -0.05) is 25.8 Å². The maximum Gasteiger partial charge on any atom is 0.304 e. The van der Waals surface area contributed by atoms with Gasteiger partial charge in [0.25, 0.3) is 0 Å². The Morgan fingerprint density at radius 3 is 2.55 bits per heavy atom. The van der Waals surface area contributed by atoms with E-state index in [0.29, 0.717) is 12.6 Å². The van der Waals surface area contributed by atoms with Gasteiger partial charge in [-0.25, -0.2) is 0 Å². The molecule has 0 heterocycles. The van der Waals surface area contributed by atoms with Crippen LogP contribution in [-0.4, -0.2) is 22.4 Å². The topological polar surface area (TPSA) is 46.4 Å². The molecule has 0 fully saturated rings. The fourth-order valence-electron chi connectivity index (χ4n) is 2.12. The maximum atomic E-state index is 13.6. The third-order valence-corrected chi connectivity index (χ3v) is 3.37. The van der Waals surface area contributed by atoms with Crippen molar-refractivity contribution in [2.24, 2.45) is 0 Å². The van der Waals surface area contributed by atoms with Gasteiger partial charge in [0.2, 0.25) is 5.82 Å². The molecule has 0 radical (unpaired) electrons. The van der Waals surface area contributed by atoms with Crippen LogP contribution in [0, 0.1) is 15.9 Å². The highest BCUT2D eigenvalue weighted by atomic mass is 19.1. The molecule has 0 bridgehead atoms. The van der Waals surface area contributed by atoms with Crippen molar-refractivity contribution < 1.29 is 9.31 Å². The molecule has 0 saturated carbocycles. The molecule has 0 aromatic heterocycles. The van der Waals surface area contributed by atoms with Crippen LogP contribution in [0.2, 0.25) is 0 Å². The van der Waals surface area contributed by atoms with Crippen LogP contribution in [0.15, 0.2) is 18.2 Å². The number of hydrogen-bond donors (Lipinski definition) is 0. The van der Waals surface area contributed by atoms with Gasteiger partial charge in [-0.05, 0) is 38.4 Å². The molecule has 0 N–H and O–H groups in total. The summed E-state index contributed by atoms with van der Waals surface area (Å²) in [4.78, 5) is 12.2. The van der Waals surface area contributed by atoms with Gasteiger partial charge in [-0.15, -0.1) is 0 Å². The molecule has 1 rings (SSSR count). The SMILES string of the molecule is CCCCCN(Cc1ccc([N+](=O)[O-])c(F)c1)C(C)C. The van der Waals surface area contributed by atoms with Crippen molar-refractivity contribution in [1.29, 1.82) is 0 Å². The Bertz CT molecular complexity index is 449. The molecule has 1 aromatic carbocycles. The Hall–Kier alpha value is -1.49. The van der Waals surface area contributed by atoms with Crippen LogP contribution in [0.4, 0.5) is 10.1 Å². The third-order valence-electron chi connectivity index (χ3n) is 3.37. The summed E-state index contributed by atoms with van der Waals surface area (Å²) in [6.45, 7) is 7.95. The van der Waals surface area contributed by atoms with E-state index in [9.17, 15) is 14.5 Å².